The summed E-state index contributed by atoms with van der Waals surface area (Å²) in [6, 6.07) is 5.37. The van der Waals surface area contributed by atoms with E-state index in [9.17, 15) is 13.2 Å². The molecule has 0 unspecified atom stereocenters. The minimum atomic E-state index is -3.49. The van der Waals surface area contributed by atoms with Crippen molar-refractivity contribution in [3.05, 3.63) is 34.9 Å². The number of methoxy groups -OCH3 is 1. The van der Waals surface area contributed by atoms with Gasteiger partial charge in [0.1, 0.15) is 5.75 Å². The third kappa shape index (κ3) is 4.12. The summed E-state index contributed by atoms with van der Waals surface area (Å²) < 4.78 is 27.9. The number of sulfone groups is 1. The van der Waals surface area contributed by atoms with Crippen molar-refractivity contribution in [2.24, 2.45) is 5.73 Å². The standard InChI is InChI=1S/C12H17NO4S/c1-9-5-10(6-13)3-4-11(9)7-18(15,16)8-12(14)17-2/h3-5H,6-8,13H2,1-2H3. The summed E-state index contributed by atoms with van der Waals surface area (Å²) in [5, 5.41) is 0. The molecule has 0 radical (unpaired) electrons. The number of aryl methyl sites for hydroxylation is 1. The van der Waals surface area contributed by atoms with Gasteiger partial charge in [-0.25, -0.2) is 8.42 Å². The van der Waals surface area contributed by atoms with E-state index >= 15 is 0 Å². The van der Waals surface area contributed by atoms with Gasteiger partial charge < -0.3 is 10.5 Å². The molecule has 0 aliphatic rings. The van der Waals surface area contributed by atoms with Crippen LogP contribution < -0.4 is 5.73 Å². The summed E-state index contributed by atoms with van der Waals surface area (Å²) in [7, 11) is -2.33. The molecule has 0 saturated heterocycles. The summed E-state index contributed by atoms with van der Waals surface area (Å²) in [5.74, 6) is -1.51. The first-order valence-electron chi connectivity index (χ1n) is 5.43. The highest BCUT2D eigenvalue weighted by atomic mass is 32.2. The van der Waals surface area contributed by atoms with Crippen LogP contribution in [0.5, 0.6) is 0 Å². The van der Waals surface area contributed by atoms with Gasteiger partial charge in [-0.2, -0.15) is 0 Å². The van der Waals surface area contributed by atoms with Gasteiger partial charge in [-0.1, -0.05) is 18.2 Å². The zero-order valence-corrected chi connectivity index (χ0v) is 11.3. The number of hydrogen-bond acceptors (Lipinski definition) is 5. The van der Waals surface area contributed by atoms with Crippen LogP contribution >= 0.6 is 0 Å². The van der Waals surface area contributed by atoms with Crippen molar-refractivity contribution in [2.45, 2.75) is 19.2 Å². The van der Waals surface area contributed by atoms with Gasteiger partial charge in [-0.15, -0.1) is 0 Å². The van der Waals surface area contributed by atoms with E-state index in [0.717, 1.165) is 11.1 Å². The molecular weight excluding hydrogens is 254 g/mol. The number of esters is 1. The van der Waals surface area contributed by atoms with Crippen LogP contribution in [0, 0.1) is 6.92 Å². The average Bonchev–Trinajstić information content (AvgIpc) is 2.30. The highest BCUT2D eigenvalue weighted by molar-refractivity contribution is 7.91. The van der Waals surface area contributed by atoms with E-state index in [-0.39, 0.29) is 5.75 Å². The molecule has 0 fully saturated rings. The van der Waals surface area contributed by atoms with E-state index in [1.165, 1.54) is 7.11 Å². The van der Waals surface area contributed by atoms with E-state index in [1.54, 1.807) is 12.1 Å². The maximum absolute atomic E-state index is 11.8. The Morgan fingerprint density at radius 2 is 2.06 bits per heavy atom. The predicted molar refractivity (Wildman–Crippen MR) is 68.6 cm³/mol. The smallest absolute Gasteiger partial charge is 0.320 e. The molecule has 18 heavy (non-hydrogen) atoms. The van der Waals surface area contributed by atoms with Crippen LogP contribution in [-0.4, -0.2) is 27.2 Å². The molecule has 6 heteroatoms. The number of rotatable bonds is 5. The highest BCUT2D eigenvalue weighted by Crippen LogP contribution is 2.14. The summed E-state index contributed by atoms with van der Waals surface area (Å²) >= 11 is 0. The predicted octanol–water partition coefficient (Wildman–Crippen LogP) is 0.542. The molecule has 0 aliphatic heterocycles. The minimum Gasteiger partial charge on any atom is -0.468 e. The fraction of sp³-hybridized carbons (Fsp3) is 0.417. The second-order valence-electron chi connectivity index (χ2n) is 4.07. The van der Waals surface area contributed by atoms with E-state index in [2.05, 4.69) is 4.74 Å². The fourth-order valence-electron chi connectivity index (χ4n) is 1.57. The Morgan fingerprint density at radius 3 is 2.56 bits per heavy atom. The Labute approximate surface area is 107 Å². The molecule has 0 saturated carbocycles. The molecule has 100 valence electrons. The van der Waals surface area contributed by atoms with Gasteiger partial charge >= 0.3 is 5.97 Å². The molecule has 0 atom stereocenters. The van der Waals surface area contributed by atoms with E-state index in [1.807, 2.05) is 13.0 Å². The molecule has 5 nitrogen and oxygen atoms in total. The zero-order chi connectivity index (χ0) is 13.8. The van der Waals surface area contributed by atoms with Gasteiger partial charge in [0.2, 0.25) is 0 Å². The lowest BCUT2D eigenvalue weighted by Crippen LogP contribution is -2.19. The topological polar surface area (TPSA) is 86.5 Å². The van der Waals surface area contributed by atoms with Crippen LogP contribution in [-0.2, 0) is 31.7 Å². The van der Waals surface area contributed by atoms with Crippen molar-refractivity contribution in [1.82, 2.24) is 0 Å². The lowest BCUT2D eigenvalue weighted by Gasteiger charge is -2.08. The van der Waals surface area contributed by atoms with Crippen LogP contribution in [0.15, 0.2) is 18.2 Å². The molecule has 0 bridgehead atoms. The summed E-state index contributed by atoms with van der Waals surface area (Å²) in [6.07, 6.45) is 0. The quantitative estimate of drug-likeness (QED) is 0.790. The Balaban J connectivity index is 2.87. The third-order valence-corrected chi connectivity index (χ3v) is 4.01. The van der Waals surface area contributed by atoms with Gasteiger partial charge in [0, 0.05) is 6.54 Å². The van der Waals surface area contributed by atoms with Crippen molar-refractivity contribution in [3.8, 4) is 0 Å². The van der Waals surface area contributed by atoms with Crippen LogP contribution in [0.3, 0.4) is 0 Å². The van der Waals surface area contributed by atoms with Gasteiger partial charge in [0.15, 0.2) is 9.84 Å². The molecule has 0 heterocycles. The first kappa shape index (κ1) is 14.7. The zero-order valence-electron chi connectivity index (χ0n) is 10.5. The second kappa shape index (κ2) is 5.97. The summed E-state index contributed by atoms with van der Waals surface area (Å²) in [6.45, 7) is 2.23. The molecule has 1 aromatic carbocycles. The SMILES string of the molecule is COC(=O)CS(=O)(=O)Cc1ccc(CN)cc1C. The van der Waals surface area contributed by atoms with Crippen molar-refractivity contribution < 1.29 is 17.9 Å². The molecule has 1 rings (SSSR count). The third-order valence-electron chi connectivity index (χ3n) is 2.58. The Hall–Kier alpha value is -1.40. The molecule has 1 aromatic rings. The van der Waals surface area contributed by atoms with Gasteiger partial charge in [-0.3, -0.25) is 4.79 Å². The number of carbonyl (C=O) groups is 1. The van der Waals surface area contributed by atoms with Gasteiger partial charge in [0.05, 0.1) is 12.9 Å². The number of hydrogen-bond donors (Lipinski definition) is 1. The normalized spacial score (nSPS) is 11.3. The monoisotopic (exact) mass is 271 g/mol. The van der Waals surface area contributed by atoms with Crippen LogP contribution in [0.4, 0.5) is 0 Å². The van der Waals surface area contributed by atoms with Crippen molar-refractivity contribution in [1.29, 1.82) is 0 Å². The number of carbonyl (C=O) groups excluding carboxylic acids is 1. The van der Waals surface area contributed by atoms with Crippen molar-refractivity contribution >= 4 is 15.8 Å². The fourth-order valence-corrected chi connectivity index (χ4v) is 2.95. The van der Waals surface area contributed by atoms with Crippen LogP contribution in [0.25, 0.3) is 0 Å². The number of nitrogens with two attached hydrogens (primary N) is 1. The minimum absolute atomic E-state index is 0.168. The number of benzene rings is 1. The summed E-state index contributed by atoms with van der Waals surface area (Å²) in [5.41, 5.74) is 7.98. The number of ether oxygens (including phenoxy) is 1. The summed E-state index contributed by atoms with van der Waals surface area (Å²) in [4.78, 5) is 11.0. The first-order valence-corrected chi connectivity index (χ1v) is 7.26. The van der Waals surface area contributed by atoms with Gasteiger partial charge in [-0.05, 0) is 23.6 Å². The Bertz CT molecular complexity index is 537. The Kier molecular flexibility index (Phi) is 4.86. The maximum atomic E-state index is 11.8. The van der Waals surface area contributed by atoms with E-state index in [4.69, 9.17) is 5.73 Å². The van der Waals surface area contributed by atoms with E-state index < -0.39 is 21.6 Å². The van der Waals surface area contributed by atoms with Crippen molar-refractivity contribution in [2.75, 3.05) is 12.9 Å². The van der Waals surface area contributed by atoms with Gasteiger partial charge in [0.25, 0.3) is 0 Å². The highest BCUT2D eigenvalue weighted by Gasteiger charge is 2.18. The molecule has 2 N–H and O–H groups in total. The average molecular weight is 271 g/mol. The molecule has 0 spiro atoms. The lowest BCUT2D eigenvalue weighted by molar-refractivity contribution is -0.137. The first-order chi connectivity index (χ1) is 8.38. The van der Waals surface area contributed by atoms with Crippen LogP contribution in [0.2, 0.25) is 0 Å². The van der Waals surface area contributed by atoms with Crippen molar-refractivity contribution in [3.63, 3.8) is 0 Å². The largest absolute Gasteiger partial charge is 0.468 e. The van der Waals surface area contributed by atoms with Crippen LogP contribution in [0.1, 0.15) is 16.7 Å². The molecule has 0 aromatic heterocycles. The molecule has 0 amide bonds. The Morgan fingerprint density at radius 1 is 1.39 bits per heavy atom. The molecule has 0 aliphatic carbocycles. The maximum Gasteiger partial charge on any atom is 0.320 e. The second-order valence-corrected chi connectivity index (χ2v) is 6.14. The molecular formula is C12H17NO4S. The van der Waals surface area contributed by atoms with E-state index in [0.29, 0.717) is 12.1 Å². The lowest BCUT2D eigenvalue weighted by atomic mass is 10.1.